The number of benzene rings is 1. The highest BCUT2D eigenvalue weighted by Gasteiger charge is 2.63. The van der Waals surface area contributed by atoms with Crippen LogP contribution in [0.1, 0.15) is 29.5 Å². The Labute approximate surface area is 182 Å². The minimum absolute atomic E-state index is 0.00461. The van der Waals surface area contributed by atoms with Crippen LogP contribution in [0.25, 0.3) is 5.76 Å². The van der Waals surface area contributed by atoms with Crippen LogP contribution in [-0.2, 0) is 27.2 Å². The predicted octanol–water partition coefficient (Wildman–Crippen LogP) is -0.281. The maximum Gasteiger partial charge on any atom is 0.255 e. The number of aromatic hydroxyl groups is 1. The number of nitrogens with two attached hydrogens (primary N) is 2. The lowest BCUT2D eigenvalue weighted by molar-refractivity contribution is -0.149. The summed E-state index contributed by atoms with van der Waals surface area (Å²) in [4.78, 5) is 37.8. The Morgan fingerprint density at radius 2 is 1.94 bits per heavy atom. The number of fused-ring (bicyclic) bond motifs is 4. The topological polar surface area (TPSA) is 196 Å². The molecule has 3 aliphatic carbocycles. The molecule has 1 amide bonds. The first-order valence-corrected chi connectivity index (χ1v) is 10.4. The van der Waals surface area contributed by atoms with Gasteiger partial charge in [-0.15, -0.1) is 0 Å². The van der Waals surface area contributed by atoms with Crippen LogP contribution in [-0.4, -0.2) is 56.1 Å². The molecule has 1 saturated carbocycles. The number of Topliss-reactive ketones (excluding diaryl/α,β-unsaturated/α-hetero) is 2. The lowest BCUT2D eigenvalue weighted by Gasteiger charge is -2.48. The van der Waals surface area contributed by atoms with E-state index in [2.05, 4.69) is 5.32 Å². The number of phenols is 1. The van der Waals surface area contributed by atoms with Gasteiger partial charge < -0.3 is 37.2 Å². The van der Waals surface area contributed by atoms with E-state index < -0.39 is 58.0 Å². The Bertz CT molecular complexity index is 1180. The molecular weight excluding hydrogens is 418 g/mol. The molecular formula is C22H23N3O7. The summed E-state index contributed by atoms with van der Waals surface area (Å²) in [5.74, 6) is -6.90. The Morgan fingerprint density at radius 3 is 2.62 bits per heavy atom. The number of carbonyl (C=O) groups is 3. The van der Waals surface area contributed by atoms with E-state index in [4.69, 9.17) is 11.5 Å². The molecule has 32 heavy (non-hydrogen) atoms. The number of phenolic OH excluding ortho intramolecular Hbond substituents is 1. The van der Waals surface area contributed by atoms with E-state index in [9.17, 15) is 34.8 Å². The summed E-state index contributed by atoms with van der Waals surface area (Å²) < 4.78 is 0. The van der Waals surface area contributed by atoms with Gasteiger partial charge in [-0.2, -0.15) is 0 Å². The molecule has 0 spiro atoms. The Balaban J connectivity index is 1.72. The number of hydrogen-bond donors (Lipinski definition) is 7. The van der Waals surface area contributed by atoms with Crippen molar-refractivity contribution in [3.8, 4) is 5.75 Å². The van der Waals surface area contributed by atoms with E-state index in [1.807, 2.05) is 6.07 Å². The van der Waals surface area contributed by atoms with Gasteiger partial charge in [0.2, 0.25) is 5.78 Å². The van der Waals surface area contributed by atoms with Gasteiger partial charge in [0.1, 0.15) is 22.8 Å². The summed E-state index contributed by atoms with van der Waals surface area (Å²) in [5.41, 5.74) is 9.54. The zero-order valence-corrected chi connectivity index (χ0v) is 17.0. The van der Waals surface area contributed by atoms with Crippen molar-refractivity contribution in [2.45, 2.75) is 37.3 Å². The number of anilines is 1. The summed E-state index contributed by atoms with van der Waals surface area (Å²) >= 11 is 0. The smallest absolute Gasteiger partial charge is 0.255 e. The van der Waals surface area contributed by atoms with Crippen LogP contribution in [0.3, 0.4) is 0 Å². The molecule has 4 aliphatic rings. The van der Waals surface area contributed by atoms with Gasteiger partial charge in [0.25, 0.3) is 5.91 Å². The predicted molar refractivity (Wildman–Crippen MR) is 112 cm³/mol. The minimum atomic E-state index is -2.68. The van der Waals surface area contributed by atoms with Gasteiger partial charge in [0, 0.05) is 29.3 Å². The Morgan fingerprint density at radius 1 is 1.22 bits per heavy atom. The van der Waals surface area contributed by atoms with Gasteiger partial charge >= 0.3 is 0 Å². The minimum Gasteiger partial charge on any atom is -0.508 e. The van der Waals surface area contributed by atoms with Gasteiger partial charge in [0.15, 0.2) is 11.4 Å². The van der Waals surface area contributed by atoms with Crippen molar-refractivity contribution in [1.29, 1.82) is 0 Å². The molecule has 0 unspecified atom stereocenters. The molecule has 168 valence electrons. The lowest BCUT2D eigenvalue weighted by Crippen LogP contribution is -2.65. The number of carbonyl (C=O) groups excluding carboxylic acids is 3. The normalized spacial score (nSPS) is 31.4. The third-order valence-corrected chi connectivity index (χ3v) is 7.27. The molecule has 1 aromatic rings. The first-order valence-electron chi connectivity index (χ1n) is 10.4. The largest absolute Gasteiger partial charge is 0.508 e. The highest BCUT2D eigenvalue weighted by molar-refractivity contribution is 6.24. The van der Waals surface area contributed by atoms with Crippen LogP contribution in [0.15, 0.2) is 23.0 Å². The van der Waals surface area contributed by atoms with Crippen molar-refractivity contribution in [3.63, 3.8) is 0 Å². The molecule has 0 bridgehead atoms. The molecule has 10 heteroatoms. The van der Waals surface area contributed by atoms with Gasteiger partial charge in [-0.3, -0.25) is 14.4 Å². The van der Waals surface area contributed by atoms with Gasteiger partial charge in [0.05, 0.1) is 11.6 Å². The number of hydrogen-bond acceptors (Lipinski definition) is 9. The van der Waals surface area contributed by atoms with Crippen LogP contribution in [0, 0.1) is 11.8 Å². The fourth-order valence-corrected chi connectivity index (χ4v) is 5.71. The average Bonchev–Trinajstić information content (AvgIpc) is 2.74. The molecule has 10 nitrogen and oxygen atoms in total. The van der Waals surface area contributed by atoms with E-state index in [-0.39, 0.29) is 29.7 Å². The maximum atomic E-state index is 13.5. The van der Waals surface area contributed by atoms with Crippen molar-refractivity contribution in [2.75, 3.05) is 11.9 Å². The summed E-state index contributed by atoms with van der Waals surface area (Å²) in [5, 5.41) is 47.1. The van der Waals surface area contributed by atoms with Crippen LogP contribution in [0.4, 0.5) is 5.69 Å². The van der Waals surface area contributed by atoms with Crippen molar-refractivity contribution >= 4 is 28.9 Å². The van der Waals surface area contributed by atoms with E-state index in [1.165, 1.54) is 0 Å². The maximum absolute atomic E-state index is 13.5. The molecule has 9 N–H and O–H groups in total. The number of nitrogens with one attached hydrogen (secondary N) is 1. The first kappa shape index (κ1) is 20.5. The van der Waals surface area contributed by atoms with Gasteiger partial charge in [-0.1, -0.05) is 0 Å². The molecule has 4 atom stereocenters. The average molecular weight is 441 g/mol. The summed E-state index contributed by atoms with van der Waals surface area (Å²) in [7, 11) is 0. The highest BCUT2D eigenvalue weighted by Crippen LogP contribution is 2.52. The summed E-state index contributed by atoms with van der Waals surface area (Å²) in [6, 6.07) is 0.391. The number of ketones is 2. The molecule has 0 saturated heterocycles. The van der Waals surface area contributed by atoms with Crippen molar-refractivity contribution in [2.24, 2.45) is 23.3 Å². The highest BCUT2D eigenvalue weighted by atomic mass is 16.3. The van der Waals surface area contributed by atoms with Crippen LogP contribution < -0.4 is 16.8 Å². The lowest BCUT2D eigenvalue weighted by atomic mass is 9.58. The van der Waals surface area contributed by atoms with Crippen molar-refractivity contribution in [3.05, 3.63) is 39.7 Å². The van der Waals surface area contributed by atoms with E-state index in [0.29, 0.717) is 17.5 Å². The van der Waals surface area contributed by atoms with Crippen LogP contribution >= 0.6 is 0 Å². The number of aliphatic hydroxyl groups is 3. The third kappa shape index (κ3) is 2.39. The summed E-state index contributed by atoms with van der Waals surface area (Å²) in [6.07, 6.45) is 1.63. The molecule has 0 aromatic heterocycles. The van der Waals surface area contributed by atoms with Gasteiger partial charge in [-0.05, 0) is 43.2 Å². The number of amides is 1. The van der Waals surface area contributed by atoms with Crippen LogP contribution in [0.5, 0.6) is 5.75 Å². The second-order valence-corrected chi connectivity index (χ2v) is 8.89. The molecule has 0 radical (unpaired) electrons. The first-order chi connectivity index (χ1) is 15.1. The Hall–Kier alpha value is -3.37. The van der Waals surface area contributed by atoms with Crippen molar-refractivity contribution < 1.29 is 34.8 Å². The SMILES string of the molecule is NC(=O)C1=C(O)[C@@]2(O)C(=O)C3=C(O)c4c(cc5c(c4O)CCCN5)C[C@H]3C[C@H]2[C@H](N)C1=O. The second kappa shape index (κ2) is 6.57. The molecule has 1 heterocycles. The van der Waals surface area contributed by atoms with E-state index >= 15 is 0 Å². The quantitative estimate of drug-likeness (QED) is 0.287. The van der Waals surface area contributed by atoms with Crippen molar-refractivity contribution in [1.82, 2.24) is 0 Å². The van der Waals surface area contributed by atoms with Crippen LogP contribution in [0.2, 0.25) is 0 Å². The number of aliphatic hydroxyl groups excluding tert-OH is 2. The van der Waals surface area contributed by atoms with E-state index in [0.717, 1.165) is 18.7 Å². The zero-order valence-electron chi connectivity index (χ0n) is 17.0. The number of rotatable bonds is 1. The Kier molecular flexibility index (Phi) is 4.21. The molecule has 1 fully saturated rings. The van der Waals surface area contributed by atoms with Gasteiger partial charge in [-0.25, -0.2) is 0 Å². The molecule has 1 aromatic carbocycles. The molecule has 1 aliphatic heterocycles. The fraction of sp³-hybridized carbons (Fsp3) is 0.409. The van der Waals surface area contributed by atoms with E-state index in [1.54, 1.807) is 0 Å². The molecule has 5 rings (SSSR count). The third-order valence-electron chi connectivity index (χ3n) is 7.27. The zero-order chi connectivity index (χ0) is 23.1. The standard InChI is InChI=1S/C22H23N3O7/c23-15-10-5-7-4-8-6-11-9(2-1-3-25-11)16(26)12(8)17(27)13(7)19(29)22(10,32)20(30)14(18(15)28)21(24)31/h6-7,10,15,25-27,30,32H,1-5,23H2,(H2,24,31)/t7-,10-,15-,22-/m0/s1. The summed E-state index contributed by atoms with van der Waals surface area (Å²) in [6.45, 7) is 0.750. The second-order valence-electron chi connectivity index (χ2n) is 8.89. The number of primary amides is 1. The fourth-order valence-electron chi connectivity index (χ4n) is 5.71. The monoisotopic (exact) mass is 441 g/mol.